The van der Waals surface area contributed by atoms with E-state index in [9.17, 15) is 10.1 Å². The monoisotopic (exact) mass is 648 g/mol. The van der Waals surface area contributed by atoms with Crippen LogP contribution in [0.15, 0.2) is 50.4 Å². The van der Waals surface area contributed by atoms with Crippen LogP contribution in [-0.2, 0) is 0 Å². The van der Waals surface area contributed by atoms with E-state index in [1.807, 2.05) is 12.1 Å². The largest absolute Gasteiger partial charge is 0.495 e. The normalized spacial score (nSPS) is 11.0. The van der Waals surface area contributed by atoms with Gasteiger partial charge >= 0.3 is 0 Å². The summed E-state index contributed by atoms with van der Waals surface area (Å²) in [5.74, 6) is 1.71. The molecule has 0 atom stereocenters. The quantitative estimate of drug-likeness (QED) is 0.109. The highest BCUT2D eigenvalue weighted by Gasteiger charge is 2.14. The van der Waals surface area contributed by atoms with E-state index in [4.69, 9.17) is 4.74 Å². The number of unbranched alkanes of at least 4 members (excludes halogenated alkanes) is 2. The number of non-ortho nitro benzene ring substituents is 1. The Hall–Kier alpha value is -3.32. The molecule has 202 valence electrons. The molecule has 1 aromatic heterocycles. The Morgan fingerprint density at radius 3 is 2.32 bits per heavy atom. The van der Waals surface area contributed by atoms with Gasteiger partial charge in [-0.25, -0.2) is 5.43 Å². The van der Waals surface area contributed by atoms with Crippen LogP contribution in [0.2, 0.25) is 0 Å². The van der Waals surface area contributed by atoms with Crippen molar-refractivity contribution >= 4 is 67.3 Å². The molecule has 0 unspecified atom stereocenters. The van der Waals surface area contributed by atoms with E-state index in [-0.39, 0.29) is 11.6 Å². The zero-order valence-electron chi connectivity index (χ0n) is 21.4. The van der Waals surface area contributed by atoms with Gasteiger partial charge in [0.05, 0.1) is 22.7 Å². The molecule has 0 spiro atoms. The minimum atomic E-state index is -0.441. The van der Waals surface area contributed by atoms with Gasteiger partial charge in [-0.15, -0.1) is 0 Å². The van der Waals surface area contributed by atoms with E-state index in [1.165, 1.54) is 12.1 Å². The second-order valence-corrected chi connectivity index (χ2v) is 10.1. The molecule has 0 fully saturated rings. The molecule has 0 bridgehead atoms. The summed E-state index contributed by atoms with van der Waals surface area (Å²) in [6.45, 7) is 5.90. The first-order valence-electron chi connectivity index (χ1n) is 12.2. The van der Waals surface area contributed by atoms with Crippen LogP contribution in [0.4, 0.5) is 29.2 Å². The fraction of sp³-hybridized carbons (Fsp3) is 0.360. The van der Waals surface area contributed by atoms with Crippen molar-refractivity contribution in [2.24, 2.45) is 5.10 Å². The van der Waals surface area contributed by atoms with Gasteiger partial charge in [0.2, 0.25) is 17.8 Å². The predicted octanol–water partition coefficient (Wildman–Crippen LogP) is 6.91. The standard InChI is InChI=1S/C25H30Br2N8O3/c1-4-6-12-34(13-7-5-2)25-31-23(29-19-8-10-20(11-9-19)35(36)37)30-24(32-25)33-28-16-17-14-18(26)15-21(27)22(17)38-3/h8-11,14-16H,4-7,12-13H2,1-3H3,(H2,29,30,31,32,33). The summed E-state index contributed by atoms with van der Waals surface area (Å²) in [5.41, 5.74) is 4.26. The minimum Gasteiger partial charge on any atom is -0.495 e. The summed E-state index contributed by atoms with van der Waals surface area (Å²) in [5, 5.41) is 18.5. The van der Waals surface area contributed by atoms with E-state index in [2.05, 4.69) is 81.4 Å². The number of hydrogen-bond donors (Lipinski definition) is 2. The molecule has 11 nitrogen and oxygen atoms in total. The van der Waals surface area contributed by atoms with Crippen molar-refractivity contribution in [1.82, 2.24) is 15.0 Å². The number of nitro groups is 1. The molecular weight excluding hydrogens is 620 g/mol. The van der Waals surface area contributed by atoms with Crippen molar-refractivity contribution < 1.29 is 9.66 Å². The van der Waals surface area contributed by atoms with Crippen LogP contribution in [0.1, 0.15) is 45.1 Å². The van der Waals surface area contributed by atoms with Gasteiger partial charge in [0.1, 0.15) is 5.75 Å². The smallest absolute Gasteiger partial charge is 0.269 e. The maximum absolute atomic E-state index is 11.0. The molecule has 0 aliphatic rings. The summed E-state index contributed by atoms with van der Waals surface area (Å²) < 4.78 is 7.14. The number of nitro benzene ring substituents is 1. The number of hydrogen-bond acceptors (Lipinski definition) is 10. The predicted molar refractivity (Wildman–Crippen MR) is 158 cm³/mol. The molecule has 2 N–H and O–H groups in total. The molecule has 0 saturated heterocycles. The molecule has 0 radical (unpaired) electrons. The summed E-state index contributed by atoms with van der Waals surface area (Å²) in [6.07, 6.45) is 5.70. The number of benzene rings is 2. The number of nitrogens with zero attached hydrogens (tertiary/aromatic N) is 6. The van der Waals surface area contributed by atoms with Crippen LogP contribution in [-0.4, -0.2) is 46.3 Å². The second-order valence-electron chi connectivity index (χ2n) is 8.29. The number of anilines is 4. The van der Waals surface area contributed by atoms with E-state index in [0.29, 0.717) is 23.3 Å². The lowest BCUT2D eigenvalue weighted by Gasteiger charge is -2.23. The molecule has 2 aromatic carbocycles. The van der Waals surface area contributed by atoms with Crippen molar-refractivity contribution in [3.05, 3.63) is 61.0 Å². The Labute approximate surface area is 238 Å². The Morgan fingerprint density at radius 2 is 1.71 bits per heavy atom. The van der Waals surface area contributed by atoms with Crippen molar-refractivity contribution in [2.75, 3.05) is 35.8 Å². The molecule has 3 aromatic rings. The fourth-order valence-electron chi connectivity index (χ4n) is 3.47. The van der Waals surface area contributed by atoms with E-state index >= 15 is 0 Å². The average Bonchev–Trinajstić information content (AvgIpc) is 2.89. The lowest BCUT2D eigenvalue weighted by Crippen LogP contribution is -2.28. The van der Waals surface area contributed by atoms with Crippen molar-refractivity contribution in [2.45, 2.75) is 39.5 Å². The van der Waals surface area contributed by atoms with E-state index < -0.39 is 4.92 Å². The molecule has 0 saturated carbocycles. The third-order valence-electron chi connectivity index (χ3n) is 5.41. The van der Waals surface area contributed by atoms with Gasteiger partial charge in [-0.1, -0.05) is 42.6 Å². The molecule has 0 amide bonds. The van der Waals surface area contributed by atoms with E-state index in [0.717, 1.165) is 53.3 Å². The summed E-state index contributed by atoms with van der Waals surface area (Å²) in [7, 11) is 1.59. The highest BCUT2D eigenvalue weighted by Crippen LogP contribution is 2.31. The molecule has 13 heteroatoms. The average molecular weight is 650 g/mol. The van der Waals surface area contributed by atoms with Gasteiger partial charge in [0.15, 0.2) is 0 Å². The van der Waals surface area contributed by atoms with Crippen molar-refractivity contribution in [1.29, 1.82) is 0 Å². The minimum absolute atomic E-state index is 0.00324. The maximum atomic E-state index is 11.0. The molecule has 38 heavy (non-hydrogen) atoms. The van der Waals surface area contributed by atoms with Gasteiger partial charge in [-0.05, 0) is 53.0 Å². The van der Waals surface area contributed by atoms with Crippen molar-refractivity contribution in [3.8, 4) is 5.75 Å². The number of rotatable bonds is 14. The molecule has 0 aliphatic heterocycles. The first-order valence-corrected chi connectivity index (χ1v) is 13.8. The highest BCUT2D eigenvalue weighted by atomic mass is 79.9. The maximum Gasteiger partial charge on any atom is 0.269 e. The lowest BCUT2D eigenvalue weighted by atomic mass is 10.2. The Morgan fingerprint density at radius 1 is 1.05 bits per heavy atom. The number of aromatic nitrogens is 3. The topological polar surface area (TPSA) is 131 Å². The Balaban J connectivity index is 1.93. The third kappa shape index (κ3) is 8.35. The van der Waals surface area contributed by atoms with Crippen LogP contribution in [0, 0.1) is 10.1 Å². The number of methoxy groups -OCH3 is 1. The Bertz CT molecular complexity index is 1250. The molecule has 0 aliphatic carbocycles. The first-order chi connectivity index (χ1) is 18.3. The van der Waals surface area contributed by atoms with E-state index in [1.54, 1.807) is 25.5 Å². The number of halogens is 2. The fourth-order valence-corrected chi connectivity index (χ4v) is 4.89. The third-order valence-corrected chi connectivity index (χ3v) is 6.46. The number of nitrogens with one attached hydrogen (secondary N) is 2. The van der Waals surface area contributed by atoms with Crippen LogP contribution in [0.25, 0.3) is 0 Å². The highest BCUT2D eigenvalue weighted by molar-refractivity contribution is 9.11. The lowest BCUT2D eigenvalue weighted by molar-refractivity contribution is -0.384. The van der Waals surface area contributed by atoms with Crippen LogP contribution in [0.5, 0.6) is 5.75 Å². The van der Waals surface area contributed by atoms with Gasteiger partial charge in [0, 0.05) is 40.9 Å². The first kappa shape index (κ1) is 29.2. The molecule has 3 rings (SSSR count). The summed E-state index contributed by atoms with van der Waals surface area (Å²) in [4.78, 5) is 26.4. The SMILES string of the molecule is CCCCN(CCCC)c1nc(NN=Cc2cc(Br)cc(Br)c2OC)nc(Nc2ccc([N+](=O)[O-])cc2)n1. The van der Waals surface area contributed by atoms with Crippen LogP contribution in [0.3, 0.4) is 0 Å². The molecule has 1 heterocycles. The number of ether oxygens (including phenoxy) is 1. The van der Waals surface area contributed by atoms with Crippen molar-refractivity contribution in [3.63, 3.8) is 0 Å². The van der Waals surface area contributed by atoms with Gasteiger partial charge in [0.25, 0.3) is 5.69 Å². The second kappa shape index (κ2) is 14.6. The zero-order valence-corrected chi connectivity index (χ0v) is 24.6. The Kier molecular flexibility index (Phi) is 11.2. The summed E-state index contributed by atoms with van der Waals surface area (Å²) in [6, 6.07) is 9.83. The zero-order chi connectivity index (χ0) is 27.5. The summed E-state index contributed by atoms with van der Waals surface area (Å²) >= 11 is 6.98. The number of hydrazone groups is 1. The van der Waals surface area contributed by atoms with Gasteiger partial charge in [-0.3, -0.25) is 10.1 Å². The van der Waals surface area contributed by atoms with Gasteiger partial charge < -0.3 is 15.0 Å². The van der Waals surface area contributed by atoms with Crippen LogP contribution < -0.4 is 20.4 Å². The van der Waals surface area contributed by atoms with Crippen LogP contribution >= 0.6 is 31.9 Å². The van der Waals surface area contributed by atoms with Gasteiger partial charge in [-0.2, -0.15) is 20.1 Å². The molecular formula is C25H30Br2N8O3.